The Bertz CT molecular complexity index is 1070. The van der Waals surface area contributed by atoms with Crippen LogP contribution in [0, 0.1) is 11.3 Å². The molecule has 3 aromatic rings. The summed E-state index contributed by atoms with van der Waals surface area (Å²) in [6.45, 7) is 0. The molecule has 0 atom stereocenters. The van der Waals surface area contributed by atoms with Crippen molar-refractivity contribution >= 4 is 11.6 Å². The van der Waals surface area contributed by atoms with E-state index in [2.05, 4.69) is 10.1 Å². The van der Waals surface area contributed by atoms with Crippen molar-refractivity contribution in [3.63, 3.8) is 0 Å². The number of aromatic nitrogens is 3. The summed E-state index contributed by atoms with van der Waals surface area (Å²) < 4.78 is 44.0. The summed E-state index contributed by atoms with van der Waals surface area (Å²) >= 11 is 6.00. The Labute approximate surface area is 155 Å². The number of alkyl halides is 3. The van der Waals surface area contributed by atoms with Crippen molar-refractivity contribution in [2.24, 2.45) is 0 Å². The van der Waals surface area contributed by atoms with Crippen molar-refractivity contribution < 1.29 is 17.9 Å². The van der Waals surface area contributed by atoms with Crippen LogP contribution in [0.25, 0.3) is 5.82 Å². The Kier molecular flexibility index (Phi) is 4.83. The topological polar surface area (TPSA) is 80.8 Å². The highest BCUT2D eigenvalue weighted by Gasteiger charge is 2.30. The highest BCUT2D eigenvalue weighted by atomic mass is 35.5. The van der Waals surface area contributed by atoms with Gasteiger partial charge in [0, 0.05) is 6.20 Å². The summed E-state index contributed by atoms with van der Waals surface area (Å²) in [6.07, 6.45) is -2.81. The van der Waals surface area contributed by atoms with Crippen molar-refractivity contribution in [3.8, 4) is 23.4 Å². The van der Waals surface area contributed by atoms with Gasteiger partial charge in [0.2, 0.25) is 0 Å². The highest BCUT2D eigenvalue weighted by Crippen LogP contribution is 2.29. The van der Waals surface area contributed by atoms with Gasteiger partial charge in [-0.15, -0.1) is 0 Å². The molecule has 0 aliphatic rings. The van der Waals surface area contributed by atoms with E-state index in [1.165, 1.54) is 24.3 Å². The molecule has 3 rings (SSSR count). The van der Waals surface area contributed by atoms with Crippen molar-refractivity contribution in [2.45, 2.75) is 6.18 Å². The molecular weight excluding hydrogens is 385 g/mol. The first-order chi connectivity index (χ1) is 12.8. The molecule has 0 amide bonds. The maximum absolute atomic E-state index is 12.6. The third-order valence-electron chi connectivity index (χ3n) is 3.39. The van der Waals surface area contributed by atoms with Gasteiger partial charge in [0.15, 0.2) is 16.6 Å². The van der Waals surface area contributed by atoms with E-state index < -0.39 is 17.3 Å². The van der Waals surface area contributed by atoms with Crippen LogP contribution in [0.3, 0.4) is 0 Å². The van der Waals surface area contributed by atoms with Gasteiger partial charge in [-0.3, -0.25) is 4.79 Å². The number of ether oxygens (including phenoxy) is 1. The lowest BCUT2D eigenvalue weighted by Crippen LogP contribution is -2.22. The summed E-state index contributed by atoms with van der Waals surface area (Å²) in [5, 5.41) is 12.3. The average Bonchev–Trinajstić information content (AvgIpc) is 2.66. The molecule has 2 heterocycles. The van der Waals surface area contributed by atoms with Crippen LogP contribution in [0.15, 0.2) is 53.6 Å². The number of nitriles is 1. The van der Waals surface area contributed by atoms with Crippen molar-refractivity contribution in [2.75, 3.05) is 0 Å². The highest BCUT2D eigenvalue weighted by molar-refractivity contribution is 6.31. The zero-order valence-corrected chi connectivity index (χ0v) is 14.0. The van der Waals surface area contributed by atoms with Gasteiger partial charge in [-0.1, -0.05) is 11.6 Å². The zero-order valence-electron chi connectivity index (χ0n) is 13.2. The molecule has 0 spiro atoms. The van der Waals surface area contributed by atoms with Gasteiger partial charge in [-0.2, -0.15) is 28.2 Å². The van der Waals surface area contributed by atoms with E-state index in [9.17, 15) is 18.0 Å². The van der Waals surface area contributed by atoms with Crippen LogP contribution < -0.4 is 10.3 Å². The van der Waals surface area contributed by atoms with Crippen molar-refractivity contribution in [3.05, 3.63) is 75.3 Å². The predicted molar refractivity (Wildman–Crippen MR) is 88.9 cm³/mol. The van der Waals surface area contributed by atoms with Crippen LogP contribution in [0.2, 0.25) is 5.02 Å². The zero-order chi connectivity index (χ0) is 19.6. The smallest absolute Gasteiger partial charge is 0.417 e. The second-order valence-electron chi connectivity index (χ2n) is 5.18. The lowest BCUT2D eigenvalue weighted by molar-refractivity contribution is -0.137. The number of hydrogen-bond acceptors (Lipinski definition) is 5. The minimum atomic E-state index is -4.54. The Morgan fingerprint density at radius 3 is 2.37 bits per heavy atom. The van der Waals surface area contributed by atoms with Gasteiger partial charge < -0.3 is 4.74 Å². The SMILES string of the molecule is N#Cc1ccc(Oc2cnn(-c3ccc(C(F)(F)F)cn3)c(=O)c2Cl)cc1. The van der Waals surface area contributed by atoms with Crippen LogP contribution in [0.4, 0.5) is 13.2 Å². The van der Waals surface area contributed by atoms with Crippen LogP contribution >= 0.6 is 11.6 Å². The van der Waals surface area contributed by atoms with Crippen LogP contribution in [0.5, 0.6) is 11.5 Å². The largest absolute Gasteiger partial charge is 0.454 e. The quantitative estimate of drug-likeness (QED) is 0.674. The lowest BCUT2D eigenvalue weighted by Gasteiger charge is -2.10. The fourth-order valence-electron chi connectivity index (χ4n) is 2.06. The molecule has 0 saturated heterocycles. The molecule has 0 unspecified atom stereocenters. The molecule has 0 fully saturated rings. The molecule has 136 valence electrons. The van der Waals surface area contributed by atoms with E-state index >= 15 is 0 Å². The lowest BCUT2D eigenvalue weighted by atomic mass is 10.2. The second-order valence-corrected chi connectivity index (χ2v) is 5.56. The van der Waals surface area contributed by atoms with E-state index in [1.807, 2.05) is 6.07 Å². The maximum Gasteiger partial charge on any atom is 0.417 e. The maximum atomic E-state index is 12.6. The van der Waals surface area contributed by atoms with Gasteiger partial charge in [-0.25, -0.2) is 4.98 Å². The van der Waals surface area contributed by atoms with Crippen molar-refractivity contribution in [1.29, 1.82) is 5.26 Å². The molecule has 0 aliphatic carbocycles. The molecule has 6 nitrogen and oxygen atoms in total. The molecular formula is C17H8ClF3N4O2. The molecule has 27 heavy (non-hydrogen) atoms. The Hall–Kier alpha value is -3.38. The van der Waals surface area contributed by atoms with Gasteiger partial charge in [0.25, 0.3) is 5.56 Å². The van der Waals surface area contributed by atoms with Gasteiger partial charge in [0.1, 0.15) is 5.75 Å². The number of nitrogens with zero attached hydrogens (tertiary/aromatic N) is 4. The monoisotopic (exact) mass is 392 g/mol. The molecule has 0 radical (unpaired) electrons. The number of benzene rings is 1. The summed E-state index contributed by atoms with van der Waals surface area (Å²) in [7, 11) is 0. The second kappa shape index (κ2) is 7.09. The predicted octanol–water partition coefficient (Wildman–Crippen LogP) is 3.96. The van der Waals surface area contributed by atoms with Crippen LogP contribution in [-0.2, 0) is 6.18 Å². The third-order valence-corrected chi connectivity index (χ3v) is 3.74. The first kappa shape index (κ1) is 18.4. The molecule has 0 N–H and O–H groups in total. The van der Waals surface area contributed by atoms with E-state index in [1.54, 1.807) is 0 Å². The summed E-state index contributed by atoms with van der Waals surface area (Å²) in [4.78, 5) is 15.9. The molecule has 2 aromatic heterocycles. The van der Waals surface area contributed by atoms with Gasteiger partial charge in [-0.05, 0) is 36.4 Å². The fraction of sp³-hybridized carbons (Fsp3) is 0.0588. The number of pyridine rings is 1. The standard InChI is InChI=1S/C17H8ClF3N4O2/c18-15-13(27-12-4-1-10(7-22)2-5-12)9-24-25(16(15)26)14-6-3-11(8-23-14)17(19,20)21/h1-6,8-9H. The van der Waals surface area contributed by atoms with Crippen LogP contribution in [0.1, 0.15) is 11.1 Å². The minimum Gasteiger partial charge on any atom is -0.454 e. The minimum absolute atomic E-state index is 0.0467. The third kappa shape index (κ3) is 3.91. The van der Waals surface area contributed by atoms with Crippen molar-refractivity contribution in [1.82, 2.24) is 14.8 Å². The first-order valence-electron chi connectivity index (χ1n) is 7.29. The molecule has 0 aliphatic heterocycles. The normalized spacial score (nSPS) is 11.1. The average molecular weight is 393 g/mol. The van der Waals surface area contributed by atoms with E-state index in [4.69, 9.17) is 21.6 Å². The Balaban J connectivity index is 1.91. The molecule has 10 heteroatoms. The molecule has 1 aromatic carbocycles. The molecule has 0 saturated carbocycles. The Morgan fingerprint density at radius 1 is 1.11 bits per heavy atom. The summed E-state index contributed by atoms with van der Waals surface area (Å²) in [6, 6.07) is 9.80. The number of hydrogen-bond donors (Lipinski definition) is 0. The summed E-state index contributed by atoms with van der Waals surface area (Å²) in [5.74, 6) is 0.150. The Morgan fingerprint density at radius 2 is 1.81 bits per heavy atom. The molecule has 0 bridgehead atoms. The summed E-state index contributed by atoms with van der Waals surface area (Å²) in [5.41, 5.74) is -1.34. The van der Waals surface area contributed by atoms with Gasteiger partial charge >= 0.3 is 6.18 Å². The fourth-order valence-corrected chi connectivity index (χ4v) is 2.22. The van der Waals surface area contributed by atoms with E-state index in [0.717, 1.165) is 23.0 Å². The number of rotatable bonds is 3. The first-order valence-corrected chi connectivity index (χ1v) is 7.67. The number of halogens is 4. The van der Waals surface area contributed by atoms with Gasteiger partial charge in [0.05, 0.1) is 23.4 Å². The van der Waals surface area contributed by atoms with Crippen LogP contribution in [-0.4, -0.2) is 14.8 Å². The van der Waals surface area contributed by atoms with E-state index in [-0.39, 0.29) is 16.6 Å². The van der Waals surface area contributed by atoms with E-state index in [0.29, 0.717) is 17.5 Å².